The van der Waals surface area contributed by atoms with Crippen LogP contribution in [0.3, 0.4) is 0 Å². The van der Waals surface area contributed by atoms with E-state index in [-0.39, 0.29) is 11.6 Å². The fraction of sp³-hybridized carbons (Fsp3) is 0.0714. The number of hydrogen-bond donors (Lipinski definition) is 0. The Kier molecular flexibility index (Phi) is 5.78. The first-order valence-electron chi connectivity index (χ1n) is 10.4. The molecule has 0 unspecified atom stereocenters. The minimum atomic E-state index is -2.64. The number of benzene rings is 4. The van der Waals surface area contributed by atoms with E-state index >= 15 is 0 Å². The number of ketones is 2. The highest BCUT2D eigenvalue weighted by Crippen LogP contribution is 2.12. The van der Waals surface area contributed by atoms with E-state index in [0.29, 0.717) is 11.1 Å². The Hall–Kier alpha value is -3.56. The molecule has 0 aliphatic rings. The van der Waals surface area contributed by atoms with Crippen LogP contribution in [0.5, 0.6) is 0 Å². The molecule has 2 nitrogen and oxygen atoms in total. The molecule has 0 aliphatic carbocycles. The fourth-order valence-electron chi connectivity index (χ4n) is 4.29. The van der Waals surface area contributed by atoms with Gasteiger partial charge in [-0.25, -0.2) is 0 Å². The smallest absolute Gasteiger partial charge is 0.179 e. The molecule has 0 saturated heterocycles. The zero-order chi connectivity index (χ0) is 21.8. The van der Waals surface area contributed by atoms with Crippen LogP contribution in [0.2, 0.25) is 0 Å². The Labute approximate surface area is 184 Å². The summed E-state index contributed by atoms with van der Waals surface area (Å²) in [6.45, 7) is 3.18. The summed E-state index contributed by atoms with van der Waals surface area (Å²) in [6, 6.07) is 37.2. The van der Waals surface area contributed by atoms with Gasteiger partial charge in [0, 0.05) is 11.1 Å². The molecule has 0 radical (unpaired) electrons. The molecule has 4 aromatic carbocycles. The monoisotopic (exact) mass is 420 g/mol. The number of carbonyl (C=O) groups excluding carboxylic acids is 2. The van der Waals surface area contributed by atoms with E-state index in [4.69, 9.17) is 0 Å². The number of hydrogen-bond acceptors (Lipinski definition) is 2. The van der Waals surface area contributed by atoms with Gasteiger partial charge in [0.2, 0.25) is 0 Å². The average molecular weight is 421 g/mol. The van der Waals surface area contributed by atoms with Crippen molar-refractivity contribution in [1.29, 1.82) is 0 Å². The molecule has 0 saturated carbocycles. The molecule has 0 aliphatic heterocycles. The highest BCUT2D eigenvalue weighted by atomic mass is 28.3. The average Bonchev–Trinajstić information content (AvgIpc) is 2.82. The largest absolute Gasteiger partial charge is 0.295 e. The Morgan fingerprint density at radius 2 is 0.742 bits per heavy atom. The van der Waals surface area contributed by atoms with Gasteiger partial charge in [-0.2, -0.15) is 0 Å². The molecule has 0 N–H and O–H groups in total. The predicted molar refractivity (Wildman–Crippen MR) is 130 cm³/mol. The second-order valence-electron chi connectivity index (χ2n) is 7.75. The van der Waals surface area contributed by atoms with E-state index in [0.717, 1.165) is 0 Å². The first-order valence-corrected chi connectivity index (χ1v) is 12.4. The van der Waals surface area contributed by atoms with Gasteiger partial charge in [-0.05, 0) is 34.6 Å². The Bertz CT molecular complexity index is 1100. The van der Waals surface area contributed by atoms with Crippen molar-refractivity contribution in [3.05, 3.63) is 120 Å². The molecule has 0 spiro atoms. The van der Waals surface area contributed by atoms with E-state index < -0.39 is 8.07 Å². The summed E-state index contributed by atoms with van der Waals surface area (Å²) in [4.78, 5) is 23.8. The fourth-order valence-corrected chi connectivity index (χ4v) is 9.00. The maximum atomic E-state index is 11.9. The molecule has 0 heterocycles. The number of carbonyl (C=O) groups is 2. The molecule has 4 aromatic rings. The Morgan fingerprint density at radius 3 is 1.03 bits per heavy atom. The third kappa shape index (κ3) is 3.80. The van der Waals surface area contributed by atoms with Crippen molar-refractivity contribution in [3.8, 4) is 0 Å². The molecule has 0 fully saturated rings. The highest BCUT2D eigenvalue weighted by Gasteiger charge is 2.41. The van der Waals surface area contributed by atoms with Crippen LogP contribution < -0.4 is 20.7 Å². The number of Topliss-reactive ketones (excluding diaryl/α,β-unsaturated/α-hetero) is 2. The second-order valence-corrected chi connectivity index (χ2v) is 11.6. The molecule has 152 valence electrons. The van der Waals surface area contributed by atoms with Crippen LogP contribution >= 0.6 is 0 Å². The van der Waals surface area contributed by atoms with Crippen LogP contribution in [0.1, 0.15) is 34.6 Å². The molecule has 0 amide bonds. The van der Waals surface area contributed by atoms with E-state index in [9.17, 15) is 9.59 Å². The third-order valence-electron chi connectivity index (χ3n) is 5.86. The van der Waals surface area contributed by atoms with E-state index in [1.54, 1.807) is 13.8 Å². The minimum absolute atomic E-state index is 0.0593. The van der Waals surface area contributed by atoms with Crippen LogP contribution in [0.15, 0.2) is 109 Å². The maximum Gasteiger partial charge on any atom is 0.179 e. The van der Waals surface area contributed by atoms with Gasteiger partial charge in [-0.3, -0.25) is 9.59 Å². The lowest BCUT2D eigenvalue weighted by atomic mass is 10.1. The lowest BCUT2D eigenvalue weighted by Crippen LogP contribution is -2.74. The van der Waals surface area contributed by atoms with Crippen molar-refractivity contribution in [3.63, 3.8) is 0 Å². The molecule has 3 heteroatoms. The summed E-state index contributed by atoms with van der Waals surface area (Å²) in [6.07, 6.45) is 0. The SMILES string of the molecule is CC(=O)c1ccc([Si](c2ccccc2)(c2ccccc2)c2ccc(C(C)=O)cc2)cc1. The van der Waals surface area contributed by atoms with Crippen LogP contribution in [0.4, 0.5) is 0 Å². The van der Waals surface area contributed by atoms with Gasteiger partial charge >= 0.3 is 0 Å². The first-order chi connectivity index (χ1) is 15.0. The maximum absolute atomic E-state index is 11.9. The molecule has 0 atom stereocenters. The van der Waals surface area contributed by atoms with Crippen molar-refractivity contribution in [2.75, 3.05) is 0 Å². The number of rotatable bonds is 6. The summed E-state index contributed by atoms with van der Waals surface area (Å²) < 4.78 is 0. The van der Waals surface area contributed by atoms with Gasteiger partial charge in [0.05, 0.1) is 0 Å². The van der Waals surface area contributed by atoms with Gasteiger partial charge in [-0.15, -0.1) is 0 Å². The molecule has 4 rings (SSSR count). The quantitative estimate of drug-likeness (QED) is 0.272. The zero-order valence-corrected chi connectivity index (χ0v) is 18.7. The molecular weight excluding hydrogens is 396 g/mol. The first kappa shape index (κ1) is 20.7. The third-order valence-corrected chi connectivity index (χ3v) is 10.7. The summed E-state index contributed by atoms with van der Waals surface area (Å²) in [5.74, 6) is 0.119. The van der Waals surface area contributed by atoms with Crippen molar-refractivity contribution in [1.82, 2.24) is 0 Å². The summed E-state index contributed by atoms with van der Waals surface area (Å²) in [5.41, 5.74) is 1.42. The van der Waals surface area contributed by atoms with Gasteiger partial charge in [-0.1, -0.05) is 109 Å². The summed E-state index contributed by atoms with van der Waals surface area (Å²) in [5, 5.41) is 4.91. The molecular formula is C28H24O2Si. The van der Waals surface area contributed by atoms with Crippen molar-refractivity contribution in [2.45, 2.75) is 13.8 Å². The lowest BCUT2D eigenvalue weighted by Gasteiger charge is -2.34. The molecule has 0 aromatic heterocycles. The summed E-state index contributed by atoms with van der Waals surface area (Å²) >= 11 is 0. The van der Waals surface area contributed by atoms with Gasteiger partial charge in [0.15, 0.2) is 19.6 Å². The Balaban J connectivity index is 2.06. The second kappa shape index (κ2) is 8.66. The molecule has 31 heavy (non-hydrogen) atoms. The van der Waals surface area contributed by atoms with E-state index in [2.05, 4.69) is 72.8 Å². The van der Waals surface area contributed by atoms with Crippen LogP contribution in [0, 0.1) is 0 Å². The summed E-state index contributed by atoms with van der Waals surface area (Å²) in [7, 11) is -2.64. The van der Waals surface area contributed by atoms with Crippen molar-refractivity contribution < 1.29 is 9.59 Å². The topological polar surface area (TPSA) is 34.1 Å². The predicted octanol–water partition coefficient (Wildman–Crippen LogP) is 3.47. The lowest BCUT2D eigenvalue weighted by molar-refractivity contribution is 0.100. The zero-order valence-electron chi connectivity index (χ0n) is 17.7. The van der Waals surface area contributed by atoms with Gasteiger partial charge in [0.25, 0.3) is 0 Å². The molecule has 0 bridgehead atoms. The Morgan fingerprint density at radius 1 is 0.452 bits per heavy atom. The van der Waals surface area contributed by atoms with Crippen LogP contribution in [0.25, 0.3) is 0 Å². The minimum Gasteiger partial charge on any atom is -0.295 e. The van der Waals surface area contributed by atoms with Gasteiger partial charge < -0.3 is 0 Å². The van der Waals surface area contributed by atoms with E-state index in [1.165, 1.54) is 20.7 Å². The standard InChI is InChI=1S/C28H24O2Si/c1-21(29)23-13-17-27(18-14-23)31(25-9-5-3-6-10-25,26-11-7-4-8-12-26)28-19-15-24(16-20-28)22(2)30/h3-20H,1-2H3. The van der Waals surface area contributed by atoms with Crippen LogP contribution in [-0.4, -0.2) is 19.6 Å². The van der Waals surface area contributed by atoms with Crippen LogP contribution in [-0.2, 0) is 0 Å². The highest BCUT2D eigenvalue weighted by molar-refractivity contribution is 7.19. The van der Waals surface area contributed by atoms with Gasteiger partial charge in [0.1, 0.15) is 0 Å². The van der Waals surface area contributed by atoms with Crippen molar-refractivity contribution >= 4 is 40.4 Å². The van der Waals surface area contributed by atoms with E-state index in [1.807, 2.05) is 36.4 Å². The van der Waals surface area contributed by atoms with Crippen molar-refractivity contribution in [2.24, 2.45) is 0 Å². The normalized spacial score (nSPS) is 11.2.